The van der Waals surface area contributed by atoms with Crippen LogP contribution in [0, 0.1) is 0 Å². The van der Waals surface area contributed by atoms with Gasteiger partial charge in [0, 0.05) is 5.69 Å². The molecule has 4 N–H and O–H groups in total. The Morgan fingerprint density at radius 3 is 2.25 bits per heavy atom. The Morgan fingerprint density at radius 1 is 1.05 bits per heavy atom. The van der Waals surface area contributed by atoms with Gasteiger partial charge in [-0.3, -0.25) is 4.79 Å². The van der Waals surface area contributed by atoms with Crippen molar-refractivity contribution in [2.24, 2.45) is 5.73 Å². The van der Waals surface area contributed by atoms with Gasteiger partial charge in [-0.2, -0.15) is 13.2 Å². The first kappa shape index (κ1) is 13.9. The van der Waals surface area contributed by atoms with Crippen LogP contribution in [0.3, 0.4) is 0 Å². The second-order valence-electron chi connectivity index (χ2n) is 4.21. The van der Waals surface area contributed by atoms with E-state index in [1.54, 1.807) is 0 Å². The van der Waals surface area contributed by atoms with Gasteiger partial charge in [0.1, 0.15) is 0 Å². The number of hydrogen-bond donors (Lipinski definition) is 2. The molecule has 1 amide bonds. The Labute approximate surface area is 113 Å². The fraction of sp³-hybridized carbons (Fsp3) is 0.0714. The van der Waals surface area contributed by atoms with E-state index in [4.69, 9.17) is 11.5 Å². The number of benzene rings is 2. The summed E-state index contributed by atoms with van der Waals surface area (Å²) in [5.74, 6) is -0.724. The zero-order valence-electron chi connectivity index (χ0n) is 10.2. The van der Waals surface area contributed by atoms with Crippen molar-refractivity contribution in [3.63, 3.8) is 0 Å². The number of alkyl halides is 3. The van der Waals surface area contributed by atoms with E-state index in [1.165, 1.54) is 36.4 Å². The third-order valence-corrected chi connectivity index (χ3v) is 2.86. The summed E-state index contributed by atoms with van der Waals surface area (Å²) in [6, 6.07) is 9.18. The molecule has 20 heavy (non-hydrogen) atoms. The van der Waals surface area contributed by atoms with Crippen LogP contribution < -0.4 is 11.5 Å². The number of nitrogen functional groups attached to an aromatic ring is 1. The van der Waals surface area contributed by atoms with Gasteiger partial charge in [-0.15, -0.1) is 0 Å². The Morgan fingerprint density at radius 2 is 1.70 bits per heavy atom. The molecule has 0 atom stereocenters. The minimum Gasteiger partial charge on any atom is -0.398 e. The third kappa shape index (κ3) is 2.59. The average Bonchev–Trinajstić information content (AvgIpc) is 2.37. The van der Waals surface area contributed by atoms with Gasteiger partial charge >= 0.3 is 6.18 Å². The Kier molecular flexibility index (Phi) is 3.40. The molecule has 3 nitrogen and oxygen atoms in total. The van der Waals surface area contributed by atoms with Crippen molar-refractivity contribution in [3.05, 3.63) is 53.6 Å². The minimum atomic E-state index is -4.46. The highest BCUT2D eigenvalue weighted by Crippen LogP contribution is 2.37. The van der Waals surface area contributed by atoms with Crippen LogP contribution in [0.2, 0.25) is 0 Å². The summed E-state index contributed by atoms with van der Waals surface area (Å²) in [6.45, 7) is 0. The third-order valence-electron chi connectivity index (χ3n) is 2.86. The molecule has 2 aromatic carbocycles. The van der Waals surface area contributed by atoms with E-state index in [0.717, 1.165) is 6.07 Å². The number of hydrogen-bond acceptors (Lipinski definition) is 2. The van der Waals surface area contributed by atoms with Gasteiger partial charge in [0.2, 0.25) is 0 Å². The van der Waals surface area contributed by atoms with Gasteiger partial charge in [0.25, 0.3) is 5.91 Å². The van der Waals surface area contributed by atoms with Crippen LogP contribution in [0.15, 0.2) is 42.5 Å². The van der Waals surface area contributed by atoms with Gasteiger partial charge < -0.3 is 11.5 Å². The second-order valence-corrected chi connectivity index (χ2v) is 4.21. The van der Waals surface area contributed by atoms with E-state index in [9.17, 15) is 18.0 Å². The highest BCUT2D eigenvalue weighted by Gasteiger charge is 2.33. The average molecular weight is 280 g/mol. The van der Waals surface area contributed by atoms with Crippen molar-refractivity contribution in [1.82, 2.24) is 0 Å². The molecule has 2 rings (SSSR count). The molecule has 2 aromatic rings. The first-order chi connectivity index (χ1) is 9.30. The van der Waals surface area contributed by atoms with Crippen LogP contribution in [0.25, 0.3) is 11.1 Å². The van der Waals surface area contributed by atoms with Gasteiger partial charge in [-0.05, 0) is 29.3 Å². The maximum atomic E-state index is 12.9. The Hall–Kier alpha value is -2.50. The van der Waals surface area contributed by atoms with Crippen LogP contribution in [0.5, 0.6) is 0 Å². The summed E-state index contributed by atoms with van der Waals surface area (Å²) < 4.78 is 38.8. The molecule has 0 spiro atoms. The van der Waals surface area contributed by atoms with Crippen molar-refractivity contribution in [2.45, 2.75) is 6.18 Å². The molecule has 0 aliphatic heterocycles. The second kappa shape index (κ2) is 4.88. The predicted octanol–water partition coefficient (Wildman–Crippen LogP) is 3.05. The summed E-state index contributed by atoms with van der Waals surface area (Å²) in [6.07, 6.45) is -4.46. The summed E-state index contributed by atoms with van der Waals surface area (Å²) in [7, 11) is 0. The fourth-order valence-electron chi connectivity index (χ4n) is 1.94. The quantitative estimate of drug-likeness (QED) is 0.830. The smallest absolute Gasteiger partial charge is 0.398 e. The first-order valence-corrected chi connectivity index (χ1v) is 5.66. The molecule has 0 heterocycles. The van der Waals surface area contributed by atoms with Crippen LogP contribution >= 0.6 is 0 Å². The lowest BCUT2D eigenvalue weighted by molar-refractivity contribution is -0.137. The van der Waals surface area contributed by atoms with Crippen LogP contribution in [-0.4, -0.2) is 5.91 Å². The van der Waals surface area contributed by atoms with E-state index >= 15 is 0 Å². The minimum absolute atomic E-state index is 0.00252. The highest BCUT2D eigenvalue weighted by molar-refractivity contribution is 5.98. The van der Waals surface area contributed by atoms with E-state index < -0.39 is 17.6 Å². The maximum Gasteiger partial charge on any atom is 0.417 e. The predicted molar refractivity (Wildman–Crippen MR) is 69.8 cm³/mol. The van der Waals surface area contributed by atoms with E-state index in [1.807, 2.05) is 0 Å². The number of anilines is 1. The topological polar surface area (TPSA) is 69.1 Å². The molecule has 0 aliphatic rings. The number of rotatable bonds is 2. The van der Waals surface area contributed by atoms with Crippen LogP contribution in [0.4, 0.5) is 18.9 Å². The van der Waals surface area contributed by atoms with Crippen molar-refractivity contribution < 1.29 is 18.0 Å². The van der Waals surface area contributed by atoms with Crippen molar-refractivity contribution >= 4 is 11.6 Å². The van der Waals surface area contributed by atoms with Gasteiger partial charge in [0.15, 0.2) is 0 Å². The monoisotopic (exact) mass is 280 g/mol. The molecule has 0 aliphatic carbocycles. The summed E-state index contributed by atoms with van der Waals surface area (Å²) in [5, 5.41) is 0. The molecule has 0 unspecified atom stereocenters. The van der Waals surface area contributed by atoms with Crippen molar-refractivity contribution in [1.29, 1.82) is 0 Å². The molecule has 0 bridgehead atoms. The van der Waals surface area contributed by atoms with Gasteiger partial charge in [-0.1, -0.05) is 24.3 Å². The van der Waals surface area contributed by atoms with E-state index in [0.29, 0.717) is 0 Å². The number of amides is 1. The zero-order valence-corrected chi connectivity index (χ0v) is 10.2. The number of carbonyl (C=O) groups is 1. The molecule has 0 saturated carbocycles. The van der Waals surface area contributed by atoms with Crippen LogP contribution in [0.1, 0.15) is 15.9 Å². The van der Waals surface area contributed by atoms with Crippen LogP contribution in [-0.2, 0) is 6.18 Å². The standard InChI is InChI=1S/C14H11F3N2O/c15-14(16,17)11-4-2-1-3-9(11)8-5-6-10(13(19)20)12(18)7-8/h1-7H,18H2,(H2,19,20). The Bertz CT molecular complexity index is 666. The first-order valence-electron chi connectivity index (χ1n) is 5.66. The molecule has 0 aromatic heterocycles. The summed E-state index contributed by atoms with van der Waals surface area (Å²) in [5.41, 5.74) is 10.4. The summed E-state index contributed by atoms with van der Waals surface area (Å²) >= 11 is 0. The normalized spacial score (nSPS) is 11.3. The SMILES string of the molecule is NC(=O)c1ccc(-c2ccccc2C(F)(F)F)cc1N. The van der Waals surface area contributed by atoms with Gasteiger partial charge in [0.05, 0.1) is 11.1 Å². The molecule has 0 saturated heterocycles. The van der Waals surface area contributed by atoms with Crippen molar-refractivity contribution in [3.8, 4) is 11.1 Å². The van der Waals surface area contributed by atoms with Gasteiger partial charge in [-0.25, -0.2) is 0 Å². The molecular weight excluding hydrogens is 269 g/mol. The molecule has 6 heteroatoms. The largest absolute Gasteiger partial charge is 0.417 e. The Balaban J connectivity index is 2.59. The lowest BCUT2D eigenvalue weighted by Crippen LogP contribution is -2.13. The molecule has 0 fully saturated rings. The molecular formula is C14H11F3N2O. The number of nitrogens with two attached hydrogens (primary N) is 2. The number of carbonyl (C=O) groups excluding carboxylic acids is 1. The lowest BCUT2D eigenvalue weighted by Gasteiger charge is -2.13. The zero-order chi connectivity index (χ0) is 14.9. The lowest BCUT2D eigenvalue weighted by atomic mass is 9.97. The summed E-state index contributed by atoms with van der Waals surface area (Å²) in [4.78, 5) is 11.1. The van der Waals surface area contributed by atoms with E-state index in [-0.39, 0.29) is 22.4 Å². The number of primary amides is 1. The maximum absolute atomic E-state index is 12.9. The van der Waals surface area contributed by atoms with E-state index in [2.05, 4.69) is 0 Å². The number of halogens is 3. The van der Waals surface area contributed by atoms with Crippen molar-refractivity contribution in [2.75, 3.05) is 5.73 Å². The fourth-order valence-corrected chi connectivity index (χ4v) is 1.94. The molecule has 104 valence electrons. The highest BCUT2D eigenvalue weighted by atomic mass is 19.4. The molecule has 0 radical (unpaired) electrons.